The second-order valence-corrected chi connectivity index (χ2v) is 8.78. The number of piperidine rings is 1. The van der Waals surface area contributed by atoms with Crippen LogP contribution in [-0.2, 0) is 16.6 Å². The van der Waals surface area contributed by atoms with Crippen molar-refractivity contribution in [1.29, 1.82) is 0 Å². The summed E-state index contributed by atoms with van der Waals surface area (Å²) >= 11 is 1.32. The zero-order valence-corrected chi connectivity index (χ0v) is 14.7. The first-order chi connectivity index (χ1) is 9.90. The Labute approximate surface area is 131 Å². The molecule has 1 fully saturated rings. The third-order valence-corrected chi connectivity index (χ3v) is 8.36. The third kappa shape index (κ3) is 3.04. The van der Waals surface area contributed by atoms with Crippen molar-refractivity contribution in [2.75, 3.05) is 13.1 Å². The number of aliphatic hydroxyl groups is 1. The Hall–Kier alpha value is -0.430. The summed E-state index contributed by atoms with van der Waals surface area (Å²) in [5.41, 5.74) is 1.04. The van der Waals surface area contributed by atoms with Crippen molar-refractivity contribution in [1.82, 2.24) is 4.31 Å². The van der Waals surface area contributed by atoms with Crippen LogP contribution in [0.2, 0.25) is 0 Å². The van der Waals surface area contributed by atoms with E-state index in [2.05, 4.69) is 13.8 Å². The quantitative estimate of drug-likeness (QED) is 0.902. The van der Waals surface area contributed by atoms with Crippen molar-refractivity contribution < 1.29 is 13.5 Å². The molecule has 0 amide bonds. The maximum Gasteiger partial charge on any atom is 0.244 e. The van der Waals surface area contributed by atoms with E-state index in [0.717, 1.165) is 31.2 Å². The minimum Gasteiger partial charge on any atom is -0.391 e. The highest BCUT2D eigenvalue weighted by molar-refractivity contribution is 7.89. The predicted octanol–water partition coefficient (Wildman–Crippen LogP) is 3.14. The molecule has 0 saturated carbocycles. The SMILES string of the molecule is CCC1(CC)CCN(S(=O)(=O)c2c(C)csc2CO)CC1. The highest BCUT2D eigenvalue weighted by atomic mass is 32.2. The lowest BCUT2D eigenvalue weighted by atomic mass is 9.75. The Balaban J connectivity index is 2.25. The lowest BCUT2D eigenvalue weighted by molar-refractivity contribution is 0.141. The van der Waals surface area contributed by atoms with E-state index in [0.29, 0.717) is 28.3 Å². The Morgan fingerprint density at radius 1 is 1.29 bits per heavy atom. The summed E-state index contributed by atoms with van der Waals surface area (Å²) in [6.45, 7) is 7.15. The number of hydrogen-bond donors (Lipinski definition) is 1. The van der Waals surface area contributed by atoms with Crippen molar-refractivity contribution in [2.45, 2.75) is 58.0 Å². The number of nitrogens with zero attached hydrogens (tertiary/aromatic N) is 1. The molecule has 1 aliphatic rings. The van der Waals surface area contributed by atoms with Gasteiger partial charge in [0, 0.05) is 13.1 Å². The standard InChI is InChI=1S/C15H25NO3S2/c1-4-15(5-2)6-8-16(9-7-15)21(18,19)14-12(3)11-20-13(14)10-17/h11,17H,4-10H2,1-3H3. The molecule has 120 valence electrons. The molecular formula is C15H25NO3S2. The first-order valence-corrected chi connectivity index (χ1v) is 9.90. The Morgan fingerprint density at radius 2 is 1.86 bits per heavy atom. The third-order valence-electron chi connectivity index (χ3n) is 5.01. The number of rotatable bonds is 5. The van der Waals surface area contributed by atoms with Crippen molar-refractivity contribution in [2.24, 2.45) is 5.41 Å². The number of thiophene rings is 1. The molecule has 0 aromatic carbocycles. The maximum absolute atomic E-state index is 12.9. The van der Waals surface area contributed by atoms with Crippen LogP contribution in [0, 0.1) is 12.3 Å². The van der Waals surface area contributed by atoms with Gasteiger partial charge in [-0.3, -0.25) is 0 Å². The van der Waals surface area contributed by atoms with Crippen LogP contribution in [-0.4, -0.2) is 30.9 Å². The van der Waals surface area contributed by atoms with E-state index in [9.17, 15) is 13.5 Å². The average molecular weight is 332 g/mol. The van der Waals surface area contributed by atoms with Crippen LogP contribution in [0.25, 0.3) is 0 Å². The Morgan fingerprint density at radius 3 is 2.33 bits per heavy atom. The van der Waals surface area contributed by atoms with Gasteiger partial charge >= 0.3 is 0 Å². The van der Waals surface area contributed by atoms with Gasteiger partial charge in [0.1, 0.15) is 4.90 Å². The first-order valence-electron chi connectivity index (χ1n) is 7.58. The van der Waals surface area contributed by atoms with Gasteiger partial charge in [0.2, 0.25) is 10.0 Å². The molecule has 0 atom stereocenters. The van der Waals surface area contributed by atoms with Crippen LogP contribution < -0.4 is 0 Å². The van der Waals surface area contributed by atoms with Gasteiger partial charge in [-0.05, 0) is 36.1 Å². The van der Waals surface area contributed by atoms with Crippen molar-refractivity contribution in [3.05, 3.63) is 15.8 Å². The van der Waals surface area contributed by atoms with Crippen molar-refractivity contribution in [3.8, 4) is 0 Å². The topological polar surface area (TPSA) is 57.6 Å². The number of sulfonamides is 1. The summed E-state index contributed by atoms with van der Waals surface area (Å²) in [5, 5.41) is 11.2. The zero-order chi connectivity index (χ0) is 15.7. The molecule has 1 aliphatic heterocycles. The molecule has 21 heavy (non-hydrogen) atoms. The normalized spacial score (nSPS) is 19.8. The summed E-state index contributed by atoms with van der Waals surface area (Å²) in [5.74, 6) is 0. The molecule has 1 aromatic rings. The molecule has 0 aliphatic carbocycles. The molecule has 0 unspecified atom stereocenters. The lowest BCUT2D eigenvalue weighted by Crippen LogP contribution is -2.43. The van der Waals surface area contributed by atoms with Crippen LogP contribution in [0.15, 0.2) is 10.3 Å². The van der Waals surface area contributed by atoms with Gasteiger partial charge in [-0.1, -0.05) is 26.7 Å². The van der Waals surface area contributed by atoms with E-state index in [-0.39, 0.29) is 6.61 Å². The van der Waals surface area contributed by atoms with Crippen LogP contribution in [0.1, 0.15) is 50.0 Å². The molecule has 4 nitrogen and oxygen atoms in total. The summed E-state index contributed by atoms with van der Waals surface area (Å²) in [7, 11) is -3.48. The van der Waals surface area contributed by atoms with Crippen LogP contribution in [0.3, 0.4) is 0 Å². The van der Waals surface area contributed by atoms with Gasteiger partial charge in [-0.15, -0.1) is 11.3 Å². The van der Waals surface area contributed by atoms with Crippen molar-refractivity contribution >= 4 is 21.4 Å². The lowest BCUT2D eigenvalue weighted by Gasteiger charge is -2.40. The molecule has 0 bridgehead atoms. The second-order valence-electron chi connectivity index (χ2n) is 5.94. The number of aliphatic hydroxyl groups excluding tert-OH is 1. The fourth-order valence-corrected chi connectivity index (χ4v) is 6.28. The maximum atomic E-state index is 12.9. The van der Waals surface area contributed by atoms with E-state index in [1.54, 1.807) is 11.2 Å². The van der Waals surface area contributed by atoms with E-state index >= 15 is 0 Å². The Bertz CT molecular complexity index is 578. The summed E-state index contributed by atoms with van der Waals surface area (Å²) in [6.07, 6.45) is 4.07. The van der Waals surface area contributed by atoms with Crippen LogP contribution >= 0.6 is 11.3 Å². The van der Waals surface area contributed by atoms with E-state index in [1.807, 2.05) is 5.38 Å². The number of hydrogen-bond acceptors (Lipinski definition) is 4. The molecule has 6 heteroatoms. The van der Waals surface area contributed by atoms with Crippen LogP contribution in [0.4, 0.5) is 0 Å². The molecule has 2 heterocycles. The molecule has 0 spiro atoms. The minimum atomic E-state index is -3.48. The van der Waals surface area contributed by atoms with Gasteiger partial charge in [-0.2, -0.15) is 4.31 Å². The average Bonchev–Trinajstić information content (AvgIpc) is 2.89. The van der Waals surface area contributed by atoms with Crippen LogP contribution in [0.5, 0.6) is 0 Å². The van der Waals surface area contributed by atoms with Gasteiger partial charge in [0.05, 0.1) is 11.5 Å². The predicted molar refractivity (Wildman–Crippen MR) is 86.0 cm³/mol. The molecule has 2 rings (SSSR count). The van der Waals surface area contributed by atoms with Gasteiger partial charge < -0.3 is 5.11 Å². The fraction of sp³-hybridized carbons (Fsp3) is 0.733. The highest BCUT2D eigenvalue weighted by Crippen LogP contribution is 2.40. The molecule has 1 N–H and O–H groups in total. The monoisotopic (exact) mass is 331 g/mol. The largest absolute Gasteiger partial charge is 0.391 e. The minimum absolute atomic E-state index is 0.214. The number of aryl methyl sites for hydroxylation is 1. The highest BCUT2D eigenvalue weighted by Gasteiger charge is 2.37. The smallest absolute Gasteiger partial charge is 0.244 e. The second kappa shape index (κ2) is 6.36. The van der Waals surface area contributed by atoms with E-state index in [4.69, 9.17) is 0 Å². The molecule has 1 aromatic heterocycles. The van der Waals surface area contributed by atoms with E-state index in [1.165, 1.54) is 11.3 Å². The summed E-state index contributed by atoms with van der Waals surface area (Å²) in [4.78, 5) is 0.880. The van der Waals surface area contributed by atoms with Crippen molar-refractivity contribution in [3.63, 3.8) is 0 Å². The Kier molecular flexibility index (Phi) is 5.13. The summed E-state index contributed by atoms with van der Waals surface area (Å²) < 4.78 is 27.3. The van der Waals surface area contributed by atoms with Gasteiger partial charge in [-0.25, -0.2) is 8.42 Å². The van der Waals surface area contributed by atoms with E-state index < -0.39 is 10.0 Å². The van der Waals surface area contributed by atoms with Gasteiger partial charge in [0.15, 0.2) is 0 Å². The molecule has 0 radical (unpaired) electrons. The fourth-order valence-electron chi connectivity index (χ4n) is 3.23. The summed E-state index contributed by atoms with van der Waals surface area (Å²) in [6, 6.07) is 0. The first kappa shape index (κ1) is 16.9. The van der Waals surface area contributed by atoms with Gasteiger partial charge in [0.25, 0.3) is 0 Å². The zero-order valence-electron chi connectivity index (χ0n) is 13.1. The molecule has 1 saturated heterocycles. The molecular weight excluding hydrogens is 306 g/mol.